The number of halogens is 1. The minimum Gasteiger partial charge on any atom is -0.355 e. The molecule has 1 rings (SSSR count). The van der Waals surface area contributed by atoms with Crippen LogP contribution >= 0.6 is 24.0 Å². The van der Waals surface area contributed by atoms with E-state index in [1.807, 2.05) is 7.05 Å². The lowest BCUT2D eigenvalue weighted by atomic mass is 10.1. The van der Waals surface area contributed by atoms with Gasteiger partial charge in [0.2, 0.25) is 0 Å². The molecule has 0 saturated carbocycles. The lowest BCUT2D eigenvalue weighted by Gasteiger charge is -2.24. The number of aliphatic imine (C=N–C) groups is 1. The van der Waals surface area contributed by atoms with Gasteiger partial charge in [-0.1, -0.05) is 30.7 Å². The van der Waals surface area contributed by atoms with Crippen LogP contribution in [0.3, 0.4) is 0 Å². The predicted octanol–water partition coefficient (Wildman–Crippen LogP) is 3.32. The van der Waals surface area contributed by atoms with E-state index < -0.39 is 0 Å². The highest BCUT2D eigenvalue weighted by Gasteiger charge is 2.06. The molecule has 1 aromatic rings. The number of benzene rings is 1. The number of nitrogens with one attached hydrogen (secondary N) is 2. The molecule has 1 atom stereocenters. The third kappa shape index (κ3) is 8.01. The van der Waals surface area contributed by atoms with E-state index in [0.717, 1.165) is 25.6 Å². The fourth-order valence-corrected chi connectivity index (χ4v) is 2.33. The van der Waals surface area contributed by atoms with E-state index in [0.29, 0.717) is 6.04 Å². The van der Waals surface area contributed by atoms with Crippen LogP contribution in [0.5, 0.6) is 0 Å². The maximum Gasteiger partial charge on any atom is 0.191 e. The van der Waals surface area contributed by atoms with Gasteiger partial charge in [-0.3, -0.25) is 4.99 Å². The monoisotopic (exact) mass is 432 g/mol. The van der Waals surface area contributed by atoms with Crippen molar-refractivity contribution in [3.8, 4) is 0 Å². The largest absolute Gasteiger partial charge is 0.355 e. The van der Waals surface area contributed by atoms with Crippen molar-refractivity contribution in [3.63, 3.8) is 0 Å². The molecular weight excluding hydrogens is 399 g/mol. The average molecular weight is 432 g/mol. The van der Waals surface area contributed by atoms with Crippen molar-refractivity contribution in [2.24, 2.45) is 4.99 Å². The van der Waals surface area contributed by atoms with Crippen molar-refractivity contribution in [1.82, 2.24) is 15.5 Å². The molecule has 1 aromatic carbocycles. The molecule has 0 fully saturated rings. The summed E-state index contributed by atoms with van der Waals surface area (Å²) in [6.07, 6.45) is 1.18. The smallest absolute Gasteiger partial charge is 0.191 e. The topological polar surface area (TPSA) is 39.7 Å². The minimum absolute atomic E-state index is 0. The molecule has 0 aliphatic heterocycles. The molecule has 0 amide bonds. The number of hydrogen-bond donors (Lipinski definition) is 2. The van der Waals surface area contributed by atoms with Gasteiger partial charge in [0.15, 0.2) is 5.96 Å². The molecule has 4 nitrogen and oxygen atoms in total. The van der Waals surface area contributed by atoms with Crippen LogP contribution in [0.15, 0.2) is 23.2 Å². The summed E-state index contributed by atoms with van der Waals surface area (Å²) < 4.78 is 0. The maximum atomic E-state index is 4.29. The molecular formula is C18H33IN4. The molecule has 0 aromatic heterocycles. The molecule has 0 heterocycles. The second-order valence-electron chi connectivity index (χ2n) is 6.02. The molecule has 0 aliphatic rings. The van der Waals surface area contributed by atoms with Crippen molar-refractivity contribution in [2.45, 2.75) is 46.7 Å². The van der Waals surface area contributed by atoms with E-state index in [-0.39, 0.29) is 24.0 Å². The van der Waals surface area contributed by atoms with Crippen molar-refractivity contribution in [1.29, 1.82) is 0 Å². The number of aryl methyl sites for hydroxylation is 2. The Morgan fingerprint density at radius 2 is 1.96 bits per heavy atom. The Kier molecular flexibility index (Phi) is 11.3. The number of likely N-dealkylation sites (N-methyl/N-ethyl adjacent to an activating group) is 1. The van der Waals surface area contributed by atoms with Gasteiger partial charge in [0.05, 0.1) is 0 Å². The van der Waals surface area contributed by atoms with Gasteiger partial charge in [0.1, 0.15) is 0 Å². The van der Waals surface area contributed by atoms with E-state index in [9.17, 15) is 0 Å². The molecule has 0 radical (unpaired) electrons. The average Bonchev–Trinajstić information content (AvgIpc) is 2.51. The van der Waals surface area contributed by atoms with Gasteiger partial charge in [0, 0.05) is 32.7 Å². The summed E-state index contributed by atoms with van der Waals surface area (Å²) >= 11 is 0. The summed E-state index contributed by atoms with van der Waals surface area (Å²) in [7, 11) is 3.98. The van der Waals surface area contributed by atoms with Crippen LogP contribution in [0.1, 0.15) is 37.0 Å². The van der Waals surface area contributed by atoms with Crippen LogP contribution in [0.2, 0.25) is 0 Å². The Bertz CT molecular complexity index is 488. The highest BCUT2D eigenvalue weighted by Crippen LogP contribution is 2.09. The summed E-state index contributed by atoms with van der Waals surface area (Å²) in [5, 5.41) is 6.76. The van der Waals surface area contributed by atoms with Gasteiger partial charge in [-0.25, -0.2) is 0 Å². The first-order valence-corrected chi connectivity index (χ1v) is 8.18. The minimum atomic E-state index is 0. The lowest BCUT2D eigenvalue weighted by Crippen LogP contribution is -2.42. The Hall–Kier alpha value is -0.820. The van der Waals surface area contributed by atoms with Crippen LogP contribution in [-0.4, -0.2) is 44.1 Å². The van der Waals surface area contributed by atoms with Crippen molar-refractivity contribution >= 4 is 29.9 Å². The summed E-state index contributed by atoms with van der Waals surface area (Å²) in [6, 6.07) is 7.17. The van der Waals surface area contributed by atoms with Crippen LogP contribution < -0.4 is 10.6 Å². The third-order valence-electron chi connectivity index (χ3n) is 4.27. The Labute approximate surface area is 159 Å². The van der Waals surface area contributed by atoms with Crippen LogP contribution in [0.25, 0.3) is 0 Å². The molecule has 5 heteroatoms. The zero-order chi connectivity index (χ0) is 16.5. The van der Waals surface area contributed by atoms with Crippen molar-refractivity contribution < 1.29 is 0 Å². The summed E-state index contributed by atoms with van der Waals surface area (Å²) in [6.45, 7) is 11.5. The molecule has 2 N–H and O–H groups in total. The number of rotatable bonds is 7. The Morgan fingerprint density at radius 3 is 2.52 bits per heavy atom. The number of nitrogens with zero attached hydrogens (tertiary/aromatic N) is 2. The van der Waals surface area contributed by atoms with Gasteiger partial charge < -0.3 is 15.5 Å². The summed E-state index contributed by atoms with van der Waals surface area (Å²) in [4.78, 5) is 6.65. The zero-order valence-corrected chi connectivity index (χ0v) is 17.8. The van der Waals surface area contributed by atoms with Gasteiger partial charge in [0.25, 0.3) is 0 Å². The molecule has 0 aliphatic carbocycles. The summed E-state index contributed by atoms with van der Waals surface area (Å²) in [5.74, 6) is 0.859. The zero-order valence-electron chi connectivity index (χ0n) is 15.4. The fourth-order valence-electron chi connectivity index (χ4n) is 2.33. The molecule has 0 bridgehead atoms. The van der Waals surface area contributed by atoms with Crippen molar-refractivity contribution in [2.75, 3.05) is 27.2 Å². The van der Waals surface area contributed by atoms with Crippen LogP contribution in [0, 0.1) is 13.8 Å². The SMILES string of the molecule is CCC(C)N(C)CCNC(=NC)NCc1ccc(C)cc1C.I. The number of guanidine groups is 1. The second kappa shape index (κ2) is 11.7. The van der Waals surface area contributed by atoms with Gasteiger partial charge in [-0.15, -0.1) is 24.0 Å². The Balaban J connectivity index is 0.00000484. The maximum absolute atomic E-state index is 4.29. The molecule has 23 heavy (non-hydrogen) atoms. The van der Waals surface area contributed by atoms with Crippen LogP contribution in [-0.2, 0) is 6.54 Å². The first-order chi connectivity index (χ1) is 10.5. The first-order valence-electron chi connectivity index (χ1n) is 8.18. The van der Waals surface area contributed by atoms with Crippen molar-refractivity contribution in [3.05, 3.63) is 34.9 Å². The molecule has 0 spiro atoms. The quantitative estimate of drug-likeness (QED) is 0.395. The van der Waals surface area contributed by atoms with E-state index in [1.165, 1.54) is 23.1 Å². The predicted molar refractivity (Wildman–Crippen MR) is 112 cm³/mol. The highest BCUT2D eigenvalue weighted by molar-refractivity contribution is 14.0. The second-order valence-corrected chi connectivity index (χ2v) is 6.02. The molecule has 132 valence electrons. The number of hydrogen-bond acceptors (Lipinski definition) is 2. The highest BCUT2D eigenvalue weighted by atomic mass is 127. The third-order valence-corrected chi connectivity index (χ3v) is 4.27. The molecule has 0 saturated heterocycles. The first kappa shape index (κ1) is 22.2. The van der Waals surface area contributed by atoms with E-state index in [4.69, 9.17) is 0 Å². The Morgan fingerprint density at radius 1 is 1.26 bits per heavy atom. The normalized spacial score (nSPS) is 12.7. The lowest BCUT2D eigenvalue weighted by molar-refractivity contribution is 0.255. The molecule has 1 unspecified atom stereocenters. The van der Waals surface area contributed by atoms with Gasteiger partial charge in [-0.05, 0) is 45.4 Å². The van der Waals surface area contributed by atoms with E-state index in [2.05, 4.69) is 73.5 Å². The van der Waals surface area contributed by atoms with Gasteiger partial charge >= 0.3 is 0 Å². The van der Waals surface area contributed by atoms with Gasteiger partial charge in [-0.2, -0.15) is 0 Å². The fraction of sp³-hybridized carbons (Fsp3) is 0.611. The standard InChI is InChI=1S/C18H32N4.HI/c1-7-16(4)22(6)11-10-20-18(19-5)21-13-17-9-8-14(2)12-15(17)3;/h8-9,12,16H,7,10-11,13H2,1-6H3,(H2,19,20,21);1H. The van der Waals surface area contributed by atoms with E-state index >= 15 is 0 Å². The van der Waals surface area contributed by atoms with Crippen LogP contribution in [0.4, 0.5) is 0 Å². The van der Waals surface area contributed by atoms with E-state index in [1.54, 1.807) is 0 Å². The summed E-state index contributed by atoms with van der Waals surface area (Å²) in [5.41, 5.74) is 3.93.